The van der Waals surface area contributed by atoms with Crippen LogP contribution in [0.2, 0.25) is 0 Å². The molecule has 2 aliphatic heterocycles. The minimum atomic E-state index is -0.331. The van der Waals surface area contributed by atoms with Crippen LogP contribution in [0.15, 0.2) is 42.6 Å². The molecule has 1 amide bonds. The predicted octanol–water partition coefficient (Wildman–Crippen LogP) is 2.99. The molecule has 0 bridgehead atoms. The van der Waals surface area contributed by atoms with E-state index in [1.807, 2.05) is 12.1 Å². The second kappa shape index (κ2) is 9.22. The SMILES string of the molecule is O=C(c1ccc(N2CCCC(COc3ccccc3F)C2)nc1)N1CCOCC1. The number of piperidine rings is 1. The number of benzene rings is 1. The predicted molar refractivity (Wildman–Crippen MR) is 108 cm³/mol. The third-order valence-corrected chi connectivity index (χ3v) is 5.45. The first-order valence-electron chi connectivity index (χ1n) is 10.2. The number of amides is 1. The van der Waals surface area contributed by atoms with Crippen molar-refractivity contribution in [2.24, 2.45) is 5.92 Å². The molecule has 6 nitrogen and oxygen atoms in total. The van der Waals surface area contributed by atoms with Crippen molar-refractivity contribution < 1.29 is 18.7 Å². The summed E-state index contributed by atoms with van der Waals surface area (Å²) in [5.74, 6) is 1.14. The number of pyridine rings is 1. The number of rotatable bonds is 5. The van der Waals surface area contributed by atoms with E-state index in [-0.39, 0.29) is 11.7 Å². The van der Waals surface area contributed by atoms with Crippen molar-refractivity contribution in [3.63, 3.8) is 0 Å². The molecule has 154 valence electrons. The molecule has 2 aromatic rings. The van der Waals surface area contributed by atoms with Gasteiger partial charge in [0.1, 0.15) is 5.82 Å². The molecule has 29 heavy (non-hydrogen) atoms. The highest BCUT2D eigenvalue weighted by Crippen LogP contribution is 2.24. The van der Waals surface area contributed by atoms with Gasteiger partial charge in [0.25, 0.3) is 5.91 Å². The van der Waals surface area contributed by atoms with Gasteiger partial charge in [0.05, 0.1) is 25.4 Å². The molecule has 1 atom stereocenters. The highest BCUT2D eigenvalue weighted by molar-refractivity contribution is 5.94. The summed E-state index contributed by atoms with van der Waals surface area (Å²) in [5.41, 5.74) is 0.604. The first-order valence-corrected chi connectivity index (χ1v) is 10.2. The van der Waals surface area contributed by atoms with Gasteiger partial charge >= 0.3 is 0 Å². The third-order valence-electron chi connectivity index (χ3n) is 5.45. The van der Waals surface area contributed by atoms with Gasteiger partial charge in [-0.05, 0) is 37.1 Å². The van der Waals surface area contributed by atoms with Crippen molar-refractivity contribution in [1.29, 1.82) is 0 Å². The van der Waals surface area contributed by atoms with E-state index in [0.717, 1.165) is 31.7 Å². The molecule has 0 radical (unpaired) electrons. The maximum Gasteiger partial charge on any atom is 0.255 e. The van der Waals surface area contributed by atoms with Gasteiger partial charge in [-0.3, -0.25) is 4.79 Å². The van der Waals surface area contributed by atoms with Crippen LogP contribution in [0.1, 0.15) is 23.2 Å². The van der Waals surface area contributed by atoms with Crippen LogP contribution in [0.25, 0.3) is 0 Å². The molecule has 7 heteroatoms. The van der Waals surface area contributed by atoms with E-state index in [1.165, 1.54) is 6.07 Å². The van der Waals surface area contributed by atoms with Gasteiger partial charge in [-0.25, -0.2) is 9.37 Å². The molecular formula is C22H26FN3O3. The molecule has 0 N–H and O–H groups in total. The Morgan fingerprint density at radius 1 is 1.17 bits per heavy atom. The van der Waals surface area contributed by atoms with Crippen LogP contribution in [-0.2, 0) is 4.74 Å². The molecule has 0 saturated carbocycles. The third kappa shape index (κ3) is 4.85. The lowest BCUT2D eigenvalue weighted by atomic mass is 9.99. The van der Waals surface area contributed by atoms with Crippen molar-refractivity contribution >= 4 is 11.7 Å². The largest absolute Gasteiger partial charge is 0.490 e. The first kappa shape index (κ1) is 19.6. The lowest BCUT2D eigenvalue weighted by Gasteiger charge is -2.33. The lowest BCUT2D eigenvalue weighted by molar-refractivity contribution is 0.0302. The summed E-state index contributed by atoms with van der Waals surface area (Å²) < 4.78 is 24.7. The number of morpholine rings is 1. The number of hydrogen-bond acceptors (Lipinski definition) is 5. The Morgan fingerprint density at radius 2 is 2.00 bits per heavy atom. The average Bonchev–Trinajstić information content (AvgIpc) is 2.79. The highest BCUT2D eigenvalue weighted by Gasteiger charge is 2.23. The van der Waals surface area contributed by atoms with E-state index in [4.69, 9.17) is 9.47 Å². The Kier molecular flexibility index (Phi) is 6.24. The van der Waals surface area contributed by atoms with Crippen LogP contribution in [0.3, 0.4) is 0 Å². The van der Waals surface area contributed by atoms with Crippen molar-refractivity contribution in [1.82, 2.24) is 9.88 Å². The number of halogens is 1. The monoisotopic (exact) mass is 399 g/mol. The minimum absolute atomic E-state index is 0.00200. The minimum Gasteiger partial charge on any atom is -0.490 e. The average molecular weight is 399 g/mol. The van der Waals surface area contributed by atoms with Crippen LogP contribution in [0.4, 0.5) is 10.2 Å². The van der Waals surface area contributed by atoms with Crippen molar-refractivity contribution in [3.8, 4) is 5.75 Å². The molecule has 1 aromatic carbocycles. The van der Waals surface area contributed by atoms with Crippen LogP contribution >= 0.6 is 0 Å². The zero-order chi connectivity index (χ0) is 20.1. The van der Waals surface area contributed by atoms with Crippen molar-refractivity contribution in [2.45, 2.75) is 12.8 Å². The fourth-order valence-corrected chi connectivity index (χ4v) is 3.83. The van der Waals surface area contributed by atoms with Gasteiger partial charge < -0.3 is 19.3 Å². The summed E-state index contributed by atoms with van der Waals surface area (Å²) >= 11 is 0. The topological polar surface area (TPSA) is 54.9 Å². The van der Waals surface area contributed by atoms with Gasteiger partial charge in [-0.2, -0.15) is 0 Å². The molecule has 0 aliphatic carbocycles. The number of carbonyl (C=O) groups excluding carboxylic acids is 1. The Morgan fingerprint density at radius 3 is 2.76 bits per heavy atom. The summed E-state index contributed by atoms with van der Waals surface area (Å²) in [4.78, 5) is 21.1. The number of ether oxygens (including phenoxy) is 2. The summed E-state index contributed by atoms with van der Waals surface area (Å²) in [6, 6.07) is 10.3. The van der Waals surface area contributed by atoms with Crippen LogP contribution in [0.5, 0.6) is 5.75 Å². The summed E-state index contributed by atoms with van der Waals surface area (Å²) in [7, 11) is 0. The second-order valence-electron chi connectivity index (χ2n) is 7.51. The normalized spacial score (nSPS) is 19.8. The van der Waals surface area contributed by atoms with Gasteiger partial charge in [0, 0.05) is 38.3 Å². The molecule has 0 spiro atoms. The zero-order valence-corrected chi connectivity index (χ0v) is 16.4. The van der Waals surface area contributed by atoms with E-state index >= 15 is 0 Å². The van der Waals surface area contributed by atoms with Gasteiger partial charge in [0.15, 0.2) is 11.6 Å². The Labute approximate surface area is 170 Å². The lowest BCUT2D eigenvalue weighted by Crippen LogP contribution is -2.41. The number of nitrogens with zero attached hydrogens (tertiary/aromatic N) is 3. The Balaban J connectivity index is 1.34. The molecule has 2 aliphatic rings. The molecule has 2 saturated heterocycles. The van der Waals surface area contributed by atoms with E-state index in [9.17, 15) is 9.18 Å². The van der Waals surface area contributed by atoms with Gasteiger partial charge in [-0.1, -0.05) is 12.1 Å². The fraction of sp³-hybridized carbons (Fsp3) is 0.455. The number of carbonyl (C=O) groups is 1. The number of para-hydroxylation sites is 1. The summed E-state index contributed by atoms with van der Waals surface area (Å²) in [6.45, 7) is 4.61. The van der Waals surface area contributed by atoms with Crippen LogP contribution in [0, 0.1) is 11.7 Å². The van der Waals surface area contributed by atoms with Crippen LogP contribution in [-0.4, -0.2) is 61.8 Å². The zero-order valence-electron chi connectivity index (χ0n) is 16.4. The van der Waals surface area contributed by atoms with Gasteiger partial charge in [0.2, 0.25) is 0 Å². The fourth-order valence-electron chi connectivity index (χ4n) is 3.83. The standard InChI is InChI=1S/C22H26FN3O3/c23-19-5-1-2-6-20(19)29-16-17-4-3-9-26(15-17)21-8-7-18(14-24-21)22(27)25-10-12-28-13-11-25/h1-2,5-8,14,17H,3-4,9-13,15-16H2. The number of anilines is 1. The van der Waals surface area contributed by atoms with Crippen molar-refractivity contribution in [3.05, 3.63) is 54.0 Å². The highest BCUT2D eigenvalue weighted by atomic mass is 19.1. The van der Waals surface area contributed by atoms with E-state index in [2.05, 4.69) is 9.88 Å². The maximum atomic E-state index is 13.7. The van der Waals surface area contributed by atoms with Crippen LogP contribution < -0.4 is 9.64 Å². The van der Waals surface area contributed by atoms with Gasteiger partial charge in [-0.15, -0.1) is 0 Å². The Bertz CT molecular complexity index is 824. The second-order valence-corrected chi connectivity index (χ2v) is 7.51. The molecule has 1 aromatic heterocycles. The smallest absolute Gasteiger partial charge is 0.255 e. The Hall–Kier alpha value is -2.67. The molecule has 1 unspecified atom stereocenters. The molecule has 3 heterocycles. The first-order chi connectivity index (χ1) is 14.2. The number of hydrogen-bond donors (Lipinski definition) is 0. The number of aromatic nitrogens is 1. The van der Waals surface area contributed by atoms with E-state index < -0.39 is 0 Å². The molecule has 2 fully saturated rings. The summed E-state index contributed by atoms with van der Waals surface area (Å²) in [6.07, 6.45) is 3.73. The molecular weight excluding hydrogens is 373 g/mol. The van der Waals surface area contributed by atoms with E-state index in [1.54, 1.807) is 29.3 Å². The molecule has 4 rings (SSSR count). The van der Waals surface area contributed by atoms with Crippen molar-refractivity contribution in [2.75, 3.05) is 50.9 Å². The van der Waals surface area contributed by atoms with E-state index in [0.29, 0.717) is 50.1 Å². The summed E-state index contributed by atoms with van der Waals surface area (Å²) in [5, 5.41) is 0. The maximum absolute atomic E-state index is 13.7. The quantitative estimate of drug-likeness (QED) is 0.774.